The third-order valence-corrected chi connectivity index (χ3v) is 11.0. The van der Waals surface area contributed by atoms with E-state index in [2.05, 4.69) is 120 Å². The van der Waals surface area contributed by atoms with Gasteiger partial charge in [0.1, 0.15) is 5.82 Å². The van der Waals surface area contributed by atoms with E-state index < -0.39 is 13.2 Å². The summed E-state index contributed by atoms with van der Waals surface area (Å²) in [5, 5.41) is 6.89. The minimum Gasteiger partial charge on any atom is -0.296 e. The Balaban J connectivity index is 1.27. The Bertz CT molecular complexity index is 3120. The molecule has 0 amide bonds. The zero-order valence-electron chi connectivity index (χ0n) is 31.9. The topological polar surface area (TPSA) is 17.8 Å². The summed E-state index contributed by atoms with van der Waals surface area (Å²) in [6, 6.07) is 56.4. The number of imidazole rings is 1. The van der Waals surface area contributed by atoms with Crippen LogP contribution >= 0.6 is 11.3 Å². The fraction of sp³-hybridized carbons (Fsp3) is 0.0426. The lowest BCUT2D eigenvalue weighted by Gasteiger charge is -2.19. The molecule has 10 aromatic rings. The highest BCUT2D eigenvalue weighted by Crippen LogP contribution is 2.46. The fourth-order valence-electron chi connectivity index (χ4n) is 7.66. The molecule has 0 spiro atoms. The molecule has 0 saturated heterocycles. The molecule has 0 atom stereocenters. The van der Waals surface area contributed by atoms with E-state index in [-0.39, 0.29) is 5.82 Å². The van der Waals surface area contributed by atoms with E-state index >= 15 is 0 Å². The van der Waals surface area contributed by atoms with Gasteiger partial charge in [-0.2, -0.15) is 0 Å². The molecule has 8 aromatic carbocycles. The van der Waals surface area contributed by atoms with Gasteiger partial charge in [0.05, 0.1) is 11.0 Å². The molecule has 0 bridgehead atoms. The summed E-state index contributed by atoms with van der Waals surface area (Å²) in [5.74, 6) is -0.153. The lowest BCUT2D eigenvalue weighted by molar-refractivity contribution is 0.908. The molecule has 2 nitrogen and oxygen atoms in total. The van der Waals surface area contributed by atoms with E-state index in [1.165, 1.54) is 20.2 Å². The number of thiophene rings is 1. The van der Waals surface area contributed by atoms with Crippen LogP contribution in [0.5, 0.6) is 0 Å². The first-order chi connectivity index (χ1) is 26.7. The Kier molecular flexibility index (Phi) is 5.58. The Morgan fingerprint density at radius 2 is 1.16 bits per heavy atom. The summed E-state index contributed by atoms with van der Waals surface area (Å²) in [5.41, 5.74) is 8.32. The van der Waals surface area contributed by atoms with Gasteiger partial charge >= 0.3 is 0 Å². The van der Waals surface area contributed by atoms with Crippen LogP contribution in [0.15, 0.2) is 164 Å². The second-order valence-electron chi connectivity index (χ2n) is 12.7. The largest absolute Gasteiger partial charge is 0.296 e. The molecule has 0 unspecified atom stereocenters. The zero-order valence-corrected chi connectivity index (χ0v) is 27.7. The Labute approximate surface area is 301 Å². The van der Waals surface area contributed by atoms with Gasteiger partial charge < -0.3 is 0 Å². The Hall–Kier alpha value is -6.03. The first-order valence-electron chi connectivity index (χ1n) is 19.2. The quantitative estimate of drug-likeness (QED) is 0.168. The van der Waals surface area contributed by atoms with Crippen molar-refractivity contribution in [2.24, 2.45) is 0 Å². The third-order valence-electron chi connectivity index (χ3n) is 9.86. The van der Waals surface area contributed by atoms with Gasteiger partial charge in [-0.05, 0) is 103 Å². The molecule has 0 fully saturated rings. The maximum Gasteiger partial charge on any atom is 0.114 e. The van der Waals surface area contributed by atoms with Gasteiger partial charge in [-0.25, -0.2) is 4.98 Å². The van der Waals surface area contributed by atoms with Gasteiger partial charge in [-0.15, -0.1) is 11.3 Å². The maximum atomic E-state index is 8.78. The first-order valence-corrected chi connectivity index (χ1v) is 17.5. The van der Waals surface area contributed by atoms with E-state index in [1.807, 2.05) is 53.8 Å². The van der Waals surface area contributed by atoms with E-state index in [0.717, 1.165) is 54.9 Å². The minimum atomic E-state index is -2.93. The van der Waals surface area contributed by atoms with Crippen LogP contribution in [-0.4, -0.2) is 9.55 Å². The number of hydrogen-bond donors (Lipinski definition) is 0. The van der Waals surface area contributed by atoms with Gasteiger partial charge in [0.25, 0.3) is 0 Å². The number of benzene rings is 8. The van der Waals surface area contributed by atoms with Gasteiger partial charge in [-0.1, -0.05) is 122 Å². The molecule has 2 aromatic heterocycles. The summed E-state index contributed by atoms with van der Waals surface area (Å²) >= 11 is 1.82. The molecular weight excluding hydrogens is 625 g/mol. The smallest absolute Gasteiger partial charge is 0.114 e. The van der Waals surface area contributed by atoms with Crippen LogP contribution in [0.1, 0.15) is 19.5 Å². The number of nitrogens with zero attached hydrogens (tertiary/aromatic N) is 2. The van der Waals surface area contributed by atoms with Crippen LogP contribution in [0.25, 0.3) is 91.8 Å². The number of aromatic nitrogens is 2. The predicted octanol–water partition coefficient (Wildman–Crippen LogP) is 13.3. The number of rotatable bonds is 5. The van der Waals surface area contributed by atoms with Gasteiger partial charge in [0, 0.05) is 39.1 Å². The maximum absolute atomic E-state index is 8.78. The molecular formula is C47H32N2S. The highest BCUT2D eigenvalue weighted by atomic mass is 32.1. The zero-order chi connectivity index (χ0) is 37.5. The van der Waals surface area contributed by atoms with E-state index in [1.54, 1.807) is 10.6 Å². The van der Waals surface area contributed by atoms with Crippen molar-refractivity contribution in [1.82, 2.24) is 9.55 Å². The molecule has 0 aliphatic carbocycles. The van der Waals surface area contributed by atoms with E-state index in [9.17, 15) is 0 Å². The number of hydrogen-bond acceptors (Lipinski definition) is 2. The second kappa shape index (κ2) is 11.5. The summed E-state index contributed by atoms with van der Waals surface area (Å²) in [6.45, 7) is -2.93. The Morgan fingerprint density at radius 3 is 2.02 bits per heavy atom. The van der Waals surface area contributed by atoms with Crippen molar-refractivity contribution in [3.63, 3.8) is 0 Å². The summed E-state index contributed by atoms with van der Waals surface area (Å²) < 4.78 is 46.1. The van der Waals surface area contributed by atoms with Crippen LogP contribution in [-0.2, 0) is 6.37 Å². The first kappa shape index (κ1) is 24.2. The number of fused-ring (bicyclic) bond motifs is 6. The predicted molar refractivity (Wildman–Crippen MR) is 215 cm³/mol. The lowest BCUT2D eigenvalue weighted by atomic mass is 9.84. The van der Waals surface area contributed by atoms with Crippen molar-refractivity contribution in [1.29, 1.82) is 0 Å². The van der Waals surface area contributed by atoms with E-state index in [4.69, 9.17) is 6.85 Å². The third kappa shape index (κ3) is 4.51. The molecule has 2 heterocycles. The number of para-hydroxylation sites is 2. The fourth-order valence-corrected chi connectivity index (χ4v) is 8.75. The Morgan fingerprint density at radius 1 is 0.520 bits per heavy atom. The molecule has 0 radical (unpaired) electrons. The molecule has 3 heteroatoms. The van der Waals surface area contributed by atoms with Crippen molar-refractivity contribution in [3.05, 3.63) is 170 Å². The lowest BCUT2D eigenvalue weighted by Crippen LogP contribution is -2.00. The molecule has 0 aliphatic heterocycles. The average molecular weight is 662 g/mol. The van der Waals surface area contributed by atoms with Crippen LogP contribution in [0.4, 0.5) is 0 Å². The molecule has 50 heavy (non-hydrogen) atoms. The van der Waals surface area contributed by atoms with Gasteiger partial charge in [-0.3, -0.25) is 4.57 Å². The summed E-state index contributed by atoms with van der Waals surface area (Å²) in [4.78, 5) is 4.58. The van der Waals surface area contributed by atoms with Crippen molar-refractivity contribution < 1.29 is 6.85 Å². The minimum absolute atomic E-state index is 0.153. The average Bonchev–Trinajstić information content (AvgIpc) is 3.79. The van der Waals surface area contributed by atoms with Crippen LogP contribution in [0.2, 0.25) is 0 Å². The molecule has 10 rings (SSSR count). The SMILES string of the molecule is [2H]C([2H])([2H])C([2H])([2H])c1nc2ccccc2n1-c1cccc(-c2c3ccccc3c(-c3ccc4sc5ccccc5c4c3)c3cc(-c4ccccc4)ccc23)c1. The van der Waals surface area contributed by atoms with Crippen molar-refractivity contribution in [2.45, 2.75) is 13.2 Å². The van der Waals surface area contributed by atoms with Gasteiger partial charge in [0.2, 0.25) is 0 Å². The summed E-state index contributed by atoms with van der Waals surface area (Å²) in [7, 11) is 0. The molecule has 0 saturated carbocycles. The van der Waals surface area contributed by atoms with Crippen LogP contribution < -0.4 is 0 Å². The number of aryl methyl sites for hydroxylation is 1. The molecule has 0 N–H and O–H groups in total. The van der Waals surface area contributed by atoms with Crippen molar-refractivity contribution >= 4 is 64.1 Å². The highest BCUT2D eigenvalue weighted by molar-refractivity contribution is 7.25. The van der Waals surface area contributed by atoms with Crippen LogP contribution in [0.3, 0.4) is 0 Å². The normalized spacial score (nSPS) is 13.8. The van der Waals surface area contributed by atoms with Crippen LogP contribution in [0, 0.1) is 0 Å². The highest BCUT2D eigenvalue weighted by Gasteiger charge is 2.20. The van der Waals surface area contributed by atoms with E-state index in [0.29, 0.717) is 16.7 Å². The molecule has 236 valence electrons. The van der Waals surface area contributed by atoms with Crippen molar-refractivity contribution in [2.75, 3.05) is 0 Å². The monoisotopic (exact) mass is 661 g/mol. The molecule has 0 aliphatic rings. The van der Waals surface area contributed by atoms with Gasteiger partial charge in [0.15, 0.2) is 0 Å². The van der Waals surface area contributed by atoms with Crippen molar-refractivity contribution in [3.8, 4) is 39.1 Å². The summed E-state index contributed by atoms with van der Waals surface area (Å²) in [6.07, 6.45) is -2.70. The second-order valence-corrected chi connectivity index (χ2v) is 13.7. The standard InChI is InChI=1S/C47H32N2S/c1-2-45-48-41-20-9-10-21-42(41)49(45)34-16-12-15-32(27-34)46-36-18-6-7-19-37(36)47(40-28-31(23-25-38(40)46)30-13-4-3-5-14-30)33-24-26-44-39(29-33)35-17-8-11-22-43(35)50-44/h3-29H,2H2,1H3/i1D3,2D2.